The molecular weight excluding hydrogens is 319 g/mol. The van der Waals surface area contributed by atoms with Crippen LogP contribution in [0.15, 0.2) is 24.3 Å². The molecule has 6 nitrogen and oxygen atoms in total. The monoisotopic (exact) mass is 342 g/mol. The van der Waals surface area contributed by atoms with E-state index in [1.165, 1.54) is 12.1 Å². The smallest absolute Gasteiger partial charge is 0.223 e. The van der Waals surface area contributed by atoms with Crippen LogP contribution in [0.25, 0.3) is 0 Å². The van der Waals surface area contributed by atoms with E-state index in [2.05, 4.69) is 26.8 Å². The van der Waals surface area contributed by atoms with Crippen molar-refractivity contribution in [2.75, 3.05) is 49.6 Å². The van der Waals surface area contributed by atoms with Crippen molar-refractivity contribution in [3.63, 3.8) is 0 Å². The Labute approximate surface area is 146 Å². The zero-order valence-electron chi connectivity index (χ0n) is 14.3. The molecule has 2 saturated heterocycles. The van der Waals surface area contributed by atoms with Gasteiger partial charge in [0.2, 0.25) is 5.95 Å². The molecule has 2 fully saturated rings. The number of likely N-dealkylation sites (tertiary alicyclic amines) is 1. The predicted octanol–water partition coefficient (Wildman–Crippen LogP) is 1.37. The van der Waals surface area contributed by atoms with Gasteiger partial charge in [-0.1, -0.05) is 12.1 Å². The van der Waals surface area contributed by atoms with Crippen molar-refractivity contribution in [3.05, 3.63) is 41.2 Å². The summed E-state index contributed by atoms with van der Waals surface area (Å²) in [5.41, 5.74) is 13.7. The SMILES string of the molecule is CN1C[C@@H]2CN(c3nc(N)nc(N)c3Cc3cccc(F)c3)C[C@@H]2C1. The largest absolute Gasteiger partial charge is 0.383 e. The van der Waals surface area contributed by atoms with E-state index >= 15 is 0 Å². The van der Waals surface area contributed by atoms with Gasteiger partial charge in [0.1, 0.15) is 17.5 Å². The van der Waals surface area contributed by atoms with Crippen LogP contribution in [0.5, 0.6) is 0 Å². The van der Waals surface area contributed by atoms with Crippen LogP contribution in [0.3, 0.4) is 0 Å². The lowest BCUT2D eigenvalue weighted by Crippen LogP contribution is -2.29. The van der Waals surface area contributed by atoms with Gasteiger partial charge in [-0.25, -0.2) is 4.39 Å². The number of rotatable bonds is 3. The van der Waals surface area contributed by atoms with E-state index in [0.29, 0.717) is 24.1 Å². The maximum atomic E-state index is 13.5. The molecular formula is C18H23FN6. The first kappa shape index (κ1) is 16.1. The summed E-state index contributed by atoms with van der Waals surface area (Å²) in [6, 6.07) is 6.55. The van der Waals surface area contributed by atoms with Gasteiger partial charge in [-0.2, -0.15) is 9.97 Å². The summed E-state index contributed by atoms with van der Waals surface area (Å²) < 4.78 is 13.5. The van der Waals surface area contributed by atoms with Crippen LogP contribution in [0.2, 0.25) is 0 Å². The molecule has 4 N–H and O–H groups in total. The molecule has 4 rings (SSSR count). The number of halogens is 1. The number of hydrogen-bond acceptors (Lipinski definition) is 6. The van der Waals surface area contributed by atoms with Gasteiger partial charge in [0.05, 0.1) is 0 Å². The fourth-order valence-corrected chi connectivity index (χ4v) is 4.19. The molecule has 2 atom stereocenters. The maximum absolute atomic E-state index is 13.5. The normalized spacial score (nSPS) is 23.2. The van der Waals surface area contributed by atoms with Crippen molar-refractivity contribution < 1.29 is 4.39 Å². The first-order chi connectivity index (χ1) is 12.0. The third-order valence-corrected chi connectivity index (χ3v) is 5.27. The second kappa shape index (κ2) is 6.15. The number of anilines is 3. The van der Waals surface area contributed by atoms with E-state index in [1.807, 2.05) is 6.07 Å². The molecule has 0 spiro atoms. The van der Waals surface area contributed by atoms with Gasteiger partial charge >= 0.3 is 0 Å². The Morgan fingerprint density at radius 3 is 2.52 bits per heavy atom. The third-order valence-electron chi connectivity index (χ3n) is 5.27. The highest BCUT2D eigenvalue weighted by Crippen LogP contribution is 2.35. The number of hydrogen-bond donors (Lipinski definition) is 2. The van der Waals surface area contributed by atoms with E-state index in [0.717, 1.165) is 43.1 Å². The Kier molecular flexibility index (Phi) is 3.95. The van der Waals surface area contributed by atoms with Gasteiger partial charge in [-0.15, -0.1) is 0 Å². The molecule has 1 aromatic carbocycles. The first-order valence-electron chi connectivity index (χ1n) is 8.59. The fraction of sp³-hybridized carbons (Fsp3) is 0.444. The molecule has 2 aliphatic rings. The Bertz CT molecular complexity index is 781. The highest BCUT2D eigenvalue weighted by atomic mass is 19.1. The standard InChI is InChI=1S/C18H23FN6/c1-24-7-12-9-25(10-13(12)8-24)17-15(16(20)22-18(21)23-17)6-11-3-2-4-14(19)5-11/h2-5,12-13H,6-10H2,1H3,(H4,20,21,22,23)/t12-,13+. The summed E-state index contributed by atoms with van der Waals surface area (Å²) >= 11 is 0. The zero-order chi connectivity index (χ0) is 17.6. The summed E-state index contributed by atoms with van der Waals surface area (Å²) in [6.07, 6.45) is 0.491. The lowest BCUT2D eigenvalue weighted by atomic mass is 10.0. The van der Waals surface area contributed by atoms with E-state index in [9.17, 15) is 4.39 Å². The van der Waals surface area contributed by atoms with Crippen LogP contribution in [-0.4, -0.2) is 48.1 Å². The average Bonchev–Trinajstić information content (AvgIpc) is 3.07. The minimum absolute atomic E-state index is 0.185. The molecule has 7 heteroatoms. The van der Waals surface area contributed by atoms with Crippen LogP contribution in [0.1, 0.15) is 11.1 Å². The Morgan fingerprint density at radius 2 is 1.84 bits per heavy atom. The van der Waals surface area contributed by atoms with Gasteiger partial charge < -0.3 is 21.3 Å². The Hall–Kier alpha value is -2.41. The molecule has 2 aromatic rings. The van der Waals surface area contributed by atoms with Gasteiger partial charge in [0.25, 0.3) is 0 Å². The highest BCUT2D eigenvalue weighted by molar-refractivity contribution is 5.61. The maximum Gasteiger partial charge on any atom is 0.223 e. The lowest BCUT2D eigenvalue weighted by molar-refractivity contribution is 0.387. The lowest BCUT2D eigenvalue weighted by Gasteiger charge is -2.24. The van der Waals surface area contributed by atoms with E-state index in [-0.39, 0.29) is 11.8 Å². The summed E-state index contributed by atoms with van der Waals surface area (Å²) in [4.78, 5) is 13.3. The van der Waals surface area contributed by atoms with Gasteiger partial charge in [0.15, 0.2) is 0 Å². The molecule has 1 aromatic heterocycles. The number of nitrogens with two attached hydrogens (primary N) is 2. The second-order valence-corrected chi connectivity index (χ2v) is 7.22. The first-order valence-corrected chi connectivity index (χ1v) is 8.59. The minimum Gasteiger partial charge on any atom is -0.383 e. The van der Waals surface area contributed by atoms with E-state index < -0.39 is 0 Å². The second-order valence-electron chi connectivity index (χ2n) is 7.22. The number of fused-ring (bicyclic) bond motifs is 1. The molecule has 0 radical (unpaired) electrons. The van der Waals surface area contributed by atoms with Crippen LogP contribution in [-0.2, 0) is 6.42 Å². The predicted molar refractivity (Wildman–Crippen MR) is 96.8 cm³/mol. The Morgan fingerprint density at radius 1 is 1.12 bits per heavy atom. The molecule has 0 amide bonds. The molecule has 25 heavy (non-hydrogen) atoms. The summed E-state index contributed by atoms with van der Waals surface area (Å²) in [5, 5.41) is 0. The topological polar surface area (TPSA) is 84.3 Å². The van der Waals surface area contributed by atoms with Crippen molar-refractivity contribution >= 4 is 17.6 Å². The van der Waals surface area contributed by atoms with Crippen molar-refractivity contribution in [3.8, 4) is 0 Å². The number of nitrogen functional groups attached to an aromatic ring is 2. The van der Waals surface area contributed by atoms with Crippen LogP contribution in [0, 0.1) is 17.7 Å². The van der Waals surface area contributed by atoms with Crippen LogP contribution < -0.4 is 16.4 Å². The number of aromatic nitrogens is 2. The van der Waals surface area contributed by atoms with Gasteiger partial charge in [-0.3, -0.25) is 0 Å². The van der Waals surface area contributed by atoms with Gasteiger partial charge in [-0.05, 0) is 36.6 Å². The third kappa shape index (κ3) is 3.11. The summed E-state index contributed by atoms with van der Waals surface area (Å²) in [5.74, 6) is 2.39. The molecule has 0 unspecified atom stereocenters. The molecule has 2 aliphatic heterocycles. The van der Waals surface area contributed by atoms with Crippen molar-refractivity contribution in [2.24, 2.45) is 11.8 Å². The molecule has 0 saturated carbocycles. The van der Waals surface area contributed by atoms with E-state index in [1.54, 1.807) is 6.07 Å². The molecule has 0 bridgehead atoms. The molecule has 3 heterocycles. The van der Waals surface area contributed by atoms with Crippen LogP contribution >= 0.6 is 0 Å². The van der Waals surface area contributed by atoms with Gasteiger partial charge in [0, 0.05) is 38.2 Å². The number of benzene rings is 1. The Balaban J connectivity index is 1.65. The average molecular weight is 342 g/mol. The molecule has 132 valence electrons. The quantitative estimate of drug-likeness (QED) is 0.876. The van der Waals surface area contributed by atoms with Crippen molar-refractivity contribution in [1.29, 1.82) is 0 Å². The van der Waals surface area contributed by atoms with Crippen molar-refractivity contribution in [2.45, 2.75) is 6.42 Å². The number of nitrogens with zero attached hydrogens (tertiary/aromatic N) is 4. The summed E-state index contributed by atoms with van der Waals surface area (Å²) in [7, 11) is 2.17. The highest BCUT2D eigenvalue weighted by Gasteiger charge is 2.40. The zero-order valence-corrected chi connectivity index (χ0v) is 14.3. The van der Waals surface area contributed by atoms with E-state index in [4.69, 9.17) is 11.5 Å². The molecule has 0 aliphatic carbocycles. The fourth-order valence-electron chi connectivity index (χ4n) is 4.19. The van der Waals surface area contributed by atoms with Crippen LogP contribution in [0.4, 0.5) is 22.0 Å². The summed E-state index contributed by atoms with van der Waals surface area (Å²) in [6.45, 7) is 4.11. The minimum atomic E-state index is -0.257. The van der Waals surface area contributed by atoms with Crippen molar-refractivity contribution in [1.82, 2.24) is 14.9 Å².